The second kappa shape index (κ2) is 6.32. The molecule has 120 valence electrons. The molecule has 0 spiro atoms. The van der Waals surface area contributed by atoms with Gasteiger partial charge in [0.2, 0.25) is 5.91 Å². The summed E-state index contributed by atoms with van der Waals surface area (Å²) in [6.45, 7) is 0. The molecule has 4 nitrogen and oxygen atoms in total. The third-order valence-electron chi connectivity index (χ3n) is 4.63. The van der Waals surface area contributed by atoms with Gasteiger partial charge in [0, 0.05) is 11.8 Å². The number of ether oxygens (including phenoxy) is 2. The van der Waals surface area contributed by atoms with Crippen molar-refractivity contribution in [3.05, 3.63) is 59.2 Å². The molecule has 0 unspecified atom stereocenters. The van der Waals surface area contributed by atoms with E-state index >= 15 is 0 Å². The third kappa shape index (κ3) is 2.77. The van der Waals surface area contributed by atoms with Crippen LogP contribution in [0.15, 0.2) is 42.5 Å². The Morgan fingerprint density at radius 1 is 1.09 bits per heavy atom. The Balaban J connectivity index is 2.17. The molecule has 2 atom stereocenters. The fourth-order valence-corrected chi connectivity index (χ4v) is 3.52. The standard InChI is InChI=1S/C19H21NO3/c1-22-16-10-13-8-9-14(19(20)21)18(12-6-4-3-5-7-12)15(13)11-17(16)23-2/h3-7,10-11,14,18H,8-9H2,1-2H3,(H2,20,21)/t14-,18+/m1/s1. The average Bonchev–Trinajstić information content (AvgIpc) is 2.59. The maximum Gasteiger partial charge on any atom is 0.221 e. The van der Waals surface area contributed by atoms with Gasteiger partial charge in [0.25, 0.3) is 0 Å². The van der Waals surface area contributed by atoms with E-state index in [0.717, 1.165) is 29.7 Å². The Morgan fingerprint density at radius 3 is 2.35 bits per heavy atom. The molecule has 0 aromatic heterocycles. The van der Waals surface area contributed by atoms with Crippen molar-refractivity contribution in [2.45, 2.75) is 18.8 Å². The van der Waals surface area contributed by atoms with E-state index in [2.05, 4.69) is 0 Å². The highest BCUT2D eigenvalue weighted by molar-refractivity contribution is 5.79. The van der Waals surface area contributed by atoms with E-state index in [1.165, 1.54) is 5.56 Å². The first-order valence-electron chi connectivity index (χ1n) is 7.74. The Kier molecular flexibility index (Phi) is 4.24. The minimum absolute atomic E-state index is 0.0442. The van der Waals surface area contributed by atoms with E-state index in [4.69, 9.17) is 15.2 Å². The van der Waals surface area contributed by atoms with Crippen LogP contribution in [0, 0.1) is 5.92 Å². The lowest BCUT2D eigenvalue weighted by atomic mass is 9.71. The molecule has 4 heteroatoms. The molecular formula is C19H21NO3. The number of rotatable bonds is 4. The van der Waals surface area contributed by atoms with Crippen LogP contribution in [0.4, 0.5) is 0 Å². The molecule has 2 aromatic carbocycles. The minimum Gasteiger partial charge on any atom is -0.493 e. The van der Waals surface area contributed by atoms with Crippen molar-refractivity contribution in [2.24, 2.45) is 11.7 Å². The number of primary amides is 1. The van der Waals surface area contributed by atoms with Crippen LogP contribution in [-0.2, 0) is 11.2 Å². The molecule has 0 fully saturated rings. The lowest BCUT2D eigenvalue weighted by molar-refractivity contribution is -0.122. The maximum absolute atomic E-state index is 12.0. The molecule has 0 saturated heterocycles. The maximum atomic E-state index is 12.0. The highest BCUT2D eigenvalue weighted by Crippen LogP contribution is 2.44. The summed E-state index contributed by atoms with van der Waals surface area (Å²) in [5, 5.41) is 0. The van der Waals surface area contributed by atoms with Crippen molar-refractivity contribution >= 4 is 5.91 Å². The van der Waals surface area contributed by atoms with Gasteiger partial charge in [0.05, 0.1) is 14.2 Å². The number of hydrogen-bond acceptors (Lipinski definition) is 3. The summed E-state index contributed by atoms with van der Waals surface area (Å²) < 4.78 is 10.8. The quantitative estimate of drug-likeness (QED) is 0.944. The molecule has 2 aromatic rings. The fourth-order valence-electron chi connectivity index (χ4n) is 3.52. The molecule has 3 rings (SSSR count). The summed E-state index contributed by atoms with van der Waals surface area (Å²) >= 11 is 0. The van der Waals surface area contributed by atoms with Crippen LogP contribution in [0.3, 0.4) is 0 Å². The first-order chi connectivity index (χ1) is 11.2. The molecule has 2 N–H and O–H groups in total. The highest BCUT2D eigenvalue weighted by Gasteiger charge is 2.35. The number of carbonyl (C=O) groups is 1. The Hall–Kier alpha value is -2.49. The summed E-state index contributed by atoms with van der Waals surface area (Å²) in [6, 6.07) is 14.0. The minimum atomic E-state index is -0.251. The van der Waals surface area contributed by atoms with E-state index in [0.29, 0.717) is 5.75 Å². The SMILES string of the molecule is COc1cc2c(cc1OC)[C@@H](c1ccccc1)[C@H](C(N)=O)CC2. The molecule has 0 radical (unpaired) electrons. The summed E-state index contributed by atoms with van der Waals surface area (Å²) in [5.74, 6) is 0.896. The summed E-state index contributed by atoms with van der Waals surface area (Å²) in [4.78, 5) is 12.0. The predicted molar refractivity (Wildman–Crippen MR) is 88.8 cm³/mol. The van der Waals surface area contributed by atoms with Crippen LogP contribution in [0.2, 0.25) is 0 Å². The smallest absolute Gasteiger partial charge is 0.221 e. The zero-order valence-electron chi connectivity index (χ0n) is 13.4. The van der Waals surface area contributed by atoms with E-state index < -0.39 is 0 Å². The molecule has 0 heterocycles. The lowest BCUT2D eigenvalue weighted by Crippen LogP contribution is -2.33. The zero-order chi connectivity index (χ0) is 16.4. The number of carbonyl (C=O) groups excluding carboxylic acids is 1. The van der Waals surface area contributed by atoms with Crippen LogP contribution in [0.25, 0.3) is 0 Å². The highest BCUT2D eigenvalue weighted by atomic mass is 16.5. The topological polar surface area (TPSA) is 61.6 Å². The van der Waals surface area contributed by atoms with Crippen LogP contribution in [0.1, 0.15) is 29.0 Å². The number of amides is 1. The van der Waals surface area contributed by atoms with Crippen molar-refractivity contribution in [1.82, 2.24) is 0 Å². The molecule has 1 aliphatic carbocycles. The Morgan fingerprint density at radius 2 is 1.74 bits per heavy atom. The van der Waals surface area contributed by atoms with Crippen LogP contribution >= 0.6 is 0 Å². The Bertz CT molecular complexity index is 712. The van der Waals surface area contributed by atoms with Crippen molar-refractivity contribution in [3.8, 4) is 11.5 Å². The van der Waals surface area contributed by atoms with E-state index in [1.807, 2.05) is 42.5 Å². The van der Waals surface area contributed by atoms with Gasteiger partial charge >= 0.3 is 0 Å². The third-order valence-corrected chi connectivity index (χ3v) is 4.63. The molecule has 0 aliphatic heterocycles. The van der Waals surface area contributed by atoms with Crippen LogP contribution < -0.4 is 15.2 Å². The van der Waals surface area contributed by atoms with Gasteiger partial charge in [-0.15, -0.1) is 0 Å². The van der Waals surface area contributed by atoms with Crippen LogP contribution in [-0.4, -0.2) is 20.1 Å². The summed E-state index contributed by atoms with van der Waals surface area (Å²) in [5.41, 5.74) is 9.07. The number of nitrogens with two attached hydrogens (primary N) is 1. The predicted octanol–water partition coefficient (Wildman–Crippen LogP) is 2.88. The Labute approximate surface area is 136 Å². The molecule has 1 aliphatic rings. The molecule has 0 saturated carbocycles. The van der Waals surface area contributed by atoms with Gasteiger partial charge in [-0.25, -0.2) is 0 Å². The van der Waals surface area contributed by atoms with E-state index in [-0.39, 0.29) is 17.7 Å². The van der Waals surface area contributed by atoms with Gasteiger partial charge in [0.15, 0.2) is 11.5 Å². The van der Waals surface area contributed by atoms with Gasteiger partial charge in [-0.1, -0.05) is 30.3 Å². The van der Waals surface area contributed by atoms with Gasteiger partial charge in [-0.3, -0.25) is 4.79 Å². The second-order valence-corrected chi connectivity index (χ2v) is 5.84. The van der Waals surface area contributed by atoms with E-state index in [1.54, 1.807) is 14.2 Å². The van der Waals surface area contributed by atoms with Crippen molar-refractivity contribution in [1.29, 1.82) is 0 Å². The van der Waals surface area contributed by atoms with Crippen molar-refractivity contribution in [2.75, 3.05) is 14.2 Å². The number of hydrogen-bond donors (Lipinski definition) is 1. The number of aryl methyl sites for hydroxylation is 1. The first-order valence-corrected chi connectivity index (χ1v) is 7.74. The first kappa shape index (κ1) is 15.4. The average molecular weight is 311 g/mol. The fraction of sp³-hybridized carbons (Fsp3) is 0.316. The lowest BCUT2D eigenvalue weighted by Gasteiger charge is -2.33. The largest absolute Gasteiger partial charge is 0.493 e. The second-order valence-electron chi connectivity index (χ2n) is 5.84. The van der Waals surface area contributed by atoms with Gasteiger partial charge in [-0.05, 0) is 41.7 Å². The number of fused-ring (bicyclic) bond motifs is 1. The summed E-state index contributed by atoms with van der Waals surface area (Å²) in [6.07, 6.45) is 1.56. The molecule has 23 heavy (non-hydrogen) atoms. The van der Waals surface area contributed by atoms with Gasteiger partial charge in [0.1, 0.15) is 0 Å². The monoisotopic (exact) mass is 311 g/mol. The molecule has 0 bridgehead atoms. The number of benzene rings is 2. The molecular weight excluding hydrogens is 290 g/mol. The van der Waals surface area contributed by atoms with Gasteiger partial charge < -0.3 is 15.2 Å². The van der Waals surface area contributed by atoms with Crippen molar-refractivity contribution in [3.63, 3.8) is 0 Å². The normalized spacial score (nSPS) is 19.7. The zero-order valence-corrected chi connectivity index (χ0v) is 13.4. The van der Waals surface area contributed by atoms with Crippen LogP contribution in [0.5, 0.6) is 11.5 Å². The van der Waals surface area contributed by atoms with E-state index in [9.17, 15) is 4.79 Å². The van der Waals surface area contributed by atoms with Gasteiger partial charge in [-0.2, -0.15) is 0 Å². The number of methoxy groups -OCH3 is 2. The molecule has 1 amide bonds. The summed E-state index contributed by atoms with van der Waals surface area (Å²) in [7, 11) is 3.25. The van der Waals surface area contributed by atoms with Crippen molar-refractivity contribution < 1.29 is 14.3 Å².